The maximum Gasteiger partial charge on any atom is 0.314 e. The van der Waals surface area contributed by atoms with Gasteiger partial charge in [-0.15, -0.1) is 0 Å². The second-order valence-electron chi connectivity index (χ2n) is 6.03. The molecule has 1 rings (SSSR count). The summed E-state index contributed by atoms with van der Waals surface area (Å²) < 4.78 is 13.6. The van der Waals surface area contributed by atoms with Crippen molar-refractivity contribution in [3.05, 3.63) is 16.8 Å². The van der Waals surface area contributed by atoms with Gasteiger partial charge in [-0.1, -0.05) is 40.5 Å². The SMILES string of the molecule is CCCC(C)C(=O)Oc1c(I)cc(I)c(OC(=O)C(C)CCC)c1I. The van der Waals surface area contributed by atoms with E-state index in [1.165, 1.54) is 0 Å². The average Bonchev–Trinajstić information content (AvgIpc) is 2.55. The van der Waals surface area contributed by atoms with Gasteiger partial charge >= 0.3 is 11.9 Å². The lowest BCUT2D eigenvalue weighted by molar-refractivity contribution is -0.139. The highest BCUT2D eigenvalue weighted by Gasteiger charge is 2.24. The Balaban J connectivity index is 3.09. The summed E-state index contributed by atoms with van der Waals surface area (Å²) in [7, 11) is 0. The highest BCUT2D eigenvalue weighted by atomic mass is 127. The molecule has 0 saturated carbocycles. The molecule has 0 aliphatic rings. The normalized spacial score (nSPS) is 13.2. The maximum absolute atomic E-state index is 12.3. The van der Waals surface area contributed by atoms with Gasteiger partial charge in [0.15, 0.2) is 11.5 Å². The number of benzene rings is 1. The zero-order chi connectivity index (χ0) is 19.1. The van der Waals surface area contributed by atoms with Gasteiger partial charge in [0.1, 0.15) is 3.57 Å². The van der Waals surface area contributed by atoms with E-state index in [2.05, 4.69) is 67.8 Å². The van der Waals surface area contributed by atoms with E-state index < -0.39 is 0 Å². The molecule has 2 atom stereocenters. The van der Waals surface area contributed by atoms with Gasteiger partial charge in [-0.25, -0.2) is 0 Å². The van der Waals surface area contributed by atoms with Gasteiger partial charge in [-0.05, 0) is 86.7 Å². The Bertz CT molecular complexity index is 581. The molecular weight excluding hydrogens is 661 g/mol. The van der Waals surface area contributed by atoms with Crippen LogP contribution in [-0.4, -0.2) is 11.9 Å². The van der Waals surface area contributed by atoms with Gasteiger partial charge in [0.05, 0.1) is 19.0 Å². The third-order valence-electron chi connectivity index (χ3n) is 3.74. The standard InChI is InChI=1S/C18H23I3O4/c1-5-7-10(3)17(22)24-15-12(19)9-13(20)16(14(15)21)25-18(23)11(4)8-6-2/h9-11H,5-8H2,1-4H3. The molecule has 0 aliphatic carbocycles. The van der Waals surface area contributed by atoms with E-state index in [0.717, 1.165) is 32.8 Å². The van der Waals surface area contributed by atoms with E-state index in [9.17, 15) is 9.59 Å². The molecule has 0 saturated heterocycles. The first-order valence-corrected chi connectivity index (χ1v) is 11.6. The molecule has 0 bridgehead atoms. The highest BCUT2D eigenvalue weighted by molar-refractivity contribution is 14.1. The third-order valence-corrected chi connectivity index (χ3v) is 6.32. The molecule has 0 radical (unpaired) electrons. The van der Waals surface area contributed by atoms with Crippen LogP contribution in [0.4, 0.5) is 0 Å². The Labute approximate surface area is 190 Å². The Morgan fingerprint density at radius 2 is 1.24 bits per heavy atom. The van der Waals surface area contributed by atoms with Crippen molar-refractivity contribution in [2.75, 3.05) is 0 Å². The first-order chi connectivity index (χ1) is 11.7. The smallest absolute Gasteiger partial charge is 0.314 e. The number of rotatable bonds is 8. The molecule has 7 heteroatoms. The Hall–Kier alpha value is 0.350. The number of hydrogen-bond donors (Lipinski definition) is 0. The molecule has 0 heterocycles. The van der Waals surface area contributed by atoms with Crippen LogP contribution in [0.5, 0.6) is 11.5 Å². The minimum Gasteiger partial charge on any atom is -0.424 e. The fraction of sp³-hybridized carbons (Fsp3) is 0.556. The fourth-order valence-electron chi connectivity index (χ4n) is 2.25. The van der Waals surface area contributed by atoms with E-state index in [1.807, 2.05) is 33.8 Å². The topological polar surface area (TPSA) is 52.6 Å². The number of hydrogen-bond acceptors (Lipinski definition) is 4. The van der Waals surface area contributed by atoms with Crippen molar-refractivity contribution in [3.63, 3.8) is 0 Å². The lowest BCUT2D eigenvalue weighted by Gasteiger charge is -2.17. The summed E-state index contributed by atoms with van der Waals surface area (Å²) in [5, 5.41) is 0. The molecule has 140 valence electrons. The van der Waals surface area contributed by atoms with E-state index in [4.69, 9.17) is 9.47 Å². The molecular formula is C18H23I3O4. The van der Waals surface area contributed by atoms with Gasteiger partial charge in [-0.3, -0.25) is 9.59 Å². The molecule has 0 spiro atoms. The van der Waals surface area contributed by atoms with Crippen LogP contribution in [0.25, 0.3) is 0 Å². The maximum atomic E-state index is 12.3. The summed E-state index contributed by atoms with van der Waals surface area (Å²) in [6.45, 7) is 7.81. The van der Waals surface area contributed by atoms with Gasteiger partial charge in [0.25, 0.3) is 0 Å². The Morgan fingerprint density at radius 1 is 0.880 bits per heavy atom. The summed E-state index contributed by atoms with van der Waals surface area (Å²) in [5.41, 5.74) is 0. The molecule has 1 aromatic rings. The second-order valence-corrected chi connectivity index (χ2v) is 9.44. The summed E-state index contributed by atoms with van der Waals surface area (Å²) in [4.78, 5) is 24.6. The molecule has 1 aromatic carbocycles. The van der Waals surface area contributed by atoms with Crippen LogP contribution < -0.4 is 9.47 Å². The minimum absolute atomic E-state index is 0.161. The molecule has 0 aromatic heterocycles. The fourth-order valence-corrected chi connectivity index (χ4v) is 6.06. The quantitative estimate of drug-likeness (QED) is 0.187. The number of carbonyl (C=O) groups excluding carboxylic acids is 2. The van der Waals surface area contributed by atoms with Crippen molar-refractivity contribution in [1.29, 1.82) is 0 Å². The number of ether oxygens (including phenoxy) is 2. The molecule has 0 aliphatic heterocycles. The average molecular weight is 684 g/mol. The number of esters is 2. The zero-order valence-electron chi connectivity index (χ0n) is 14.8. The van der Waals surface area contributed by atoms with Gasteiger partial charge in [0.2, 0.25) is 0 Å². The van der Waals surface area contributed by atoms with Crippen LogP contribution in [0.3, 0.4) is 0 Å². The van der Waals surface area contributed by atoms with Gasteiger partial charge in [0, 0.05) is 0 Å². The van der Waals surface area contributed by atoms with E-state index >= 15 is 0 Å². The Morgan fingerprint density at radius 3 is 1.56 bits per heavy atom. The van der Waals surface area contributed by atoms with Crippen molar-refractivity contribution in [3.8, 4) is 11.5 Å². The lowest BCUT2D eigenvalue weighted by atomic mass is 10.1. The van der Waals surface area contributed by atoms with E-state index in [0.29, 0.717) is 15.1 Å². The predicted molar refractivity (Wildman–Crippen MR) is 124 cm³/mol. The molecule has 0 amide bonds. The summed E-state index contributed by atoms with van der Waals surface area (Å²) in [5.74, 6) is 0.116. The van der Waals surface area contributed by atoms with Crippen LogP contribution >= 0.6 is 67.8 Å². The predicted octanol–water partition coefficient (Wildman–Crippen LogP) is 6.18. The van der Waals surface area contributed by atoms with E-state index in [-0.39, 0.29) is 23.8 Å². The van der Waals surface area contributed by atoms with Crippen molar-refractivity contribution in [2.45, 2.75) is 53.4 Å². The van der Waals surface area contributed by atoms with Crippen molar-refractivity contribution >= 4 is 79.7 Å². The second kappa shape index (κ2) is 11.3. The first-order valence-electron chi connectivity index (χ1n) is 8.33. The lowest BCUT2D eigenvalue weighted by Crippen LogP contribution is -2.21. The summed E-state index contributed by atoms with van der Waals surface area (Å²) in [6, 6.07) is 1.86. The zero-order valence-corrected chi connectivity index (χ0v) is 21.3. The summed E-state index contributed by atoms with van der Waals surface area (Å²) >= 11 is 6.36. The van der Waals surface area contributed by atoms with Crippen LogP contribution in [0.15, 0.2) is 6.07 Å². The van der Waals surface area contributed by atoms with Crippen molar-refractivity contribution < 1.29 is 19.1 Å². The van der Waals surface area contributed by atoms with Crippen LogP contribution in [-0.2, 0) is 9.59 Å². The molecule has 0 N–H and O–H groups in total. The number of halogens is 3. The minimum atomic E-state index is -0.254. The highest BCUT2D eigenvalue weighted by Crippen LogP contribution is 2.39. The third kappa shape index (κ3) is 6.78. The molecule has 4 nitrogen and oxygen atoms in total. The van der Waals surface area contributed by atoms with Crippen LogP contribution in [0, 0.1) is 22.5 Å². The van der Waals surface area contributed by atoms with Crippen molar-refractivity contribution in [2.24, 2.45) is 11.8 Å². The molecule has 25 heavy (non-hydrogen) atoms. The van der Waals surface area contributed by atoms with Crippen LogP contribution in [0.2, 0.25) is 0 Å². The number of carbonyl (C=O) groups is 2. The monoisotopic (exact) mass is 684 g/mol. The van der Waals surface area contributed by atoms with E-state index in [1.54, 1.807) is 0 Å². The summed E-state index contributed by atoms with van der Waals surface area (Å²) in [6.07, 6.45) is 3.42. The first kappa shape index (κ1) is 23.4. The Kier molecular flexibility index (Phi) is 10.5. The molecule has 0 fully saturated rings. The van der Waals surface area contributed by atoms with Crippen LogP contribution in [0.1, 0.15) is 53.4 Å². The largest absolute Gasteiger partial charge is 0.424 e. The van der Waals surface area contributed by atoms with Gasteiger partial charge in [-0.2, -0.15) is 0 Å². The van der Waals surface area contributed by atoms with Gasteiger partial charge < -0.3 is 9.47 Å². The molecule has 2 unspecified atom stereocenters. The van der Waals surface area contributed by atoms with Crippen molar-refractivity contribution in [1.82, 2.24) is 0 Å².